The zero-order valence-corrected chi connectivity index (χ0v) is 13.8. The second-order valence-electron chi connectivity index (χ2n) is 5.65. The molecule has 27 heavy (non-hydrogen) atoms. The van der Waals surface area contributed by atoms with E-state index in [1.807, 2.05) is 0 Å². The molecule has 0 atom stereocenters. The highest BCUT2D eigenvalue weighted by Gasteiger charge is 2.17. The normalized spacial score (nSPS) is 10.6. The van der Waals surface area contributed by atoms with Gasteiger partial charge in [0, 0.05) is 28.8 Å². The number of nitro groups is 1. The van der Waals surface area contributed by atoms with Gasteiger partial charge in [0.1, 0.15) is 11.1 Å². The molecule has 1 heterocycles. The first kappa shape index (κ1) is 17.8. The van der Waals surface area contributed by atoms with Crippen LogP contribution in [0.2, 0.25) is 0 Å². The van der Waals surface area contributed by atoms with Gasteiger partial charge < -0.3 is 19.6 Å². The van der Waals surface area contributed by atoms with Gasteiger partial charge in [0.2, 0.25) is 0 Å². The van der Waals surface area contributed by atoms with E-state index in [4.69, 9.17) is 4.42 Å². The third-order valence-electron chi connectivity index (χ3n) is 3.97. The number of nitro benzene ring substituents is 1. The molecule has 9 nitrogen and oxygen atoms in total. The first-order valence-corrected chi connectivity index (χ1v) is 7.62. The van der Waals surface area contributed by atoms with Crippen LogP contribution in [0.5, 0.6) is 0 Å². The van der Waals surface area contributed by atoms with Crippen molar-refractivity contribution < 1.29 is 24.0 Å². The summed E-state index contributed by atoms with van der Waals surface area (Å²) in [6.45, 7) is 1.48. The molecule has 0 spiro atoms. The van der Waals surface area contributed by atoms with Crippen molar-refractivity contribution in [3.8, 4) is 0 Å². The molecule has 0 aliphatic rings. The predicted molar refractivity (Wildman–Crippen MR) is 92.6 cm³/mol. The molecular weight excluding hydrogens is 356 g/mol. The average molecular weight is 367 g/mol. The number of fused-ring (bicyclic) bond motifs is 1. The second kappa shape index (κ2) is 6.71. The third-order valence-corrected chi connectivity index (χ3v) is 3.97. The van der Waals surface area contributed by atoms with Gasteiger partial charge in [-0.1, -0.05) is 12.1 Å². The zero-order chi connectivity index (χ0) is 19.7. The number of carboxylic acid groups (broad SMARTS) is 1. The molecule has 0 bridgehead atoms. The Bertz CT molecular complexity index is 1160. The Kier molecular flexibility index (Phi) is 4.43. The summed E-state index contributed by atoms with van der Waals surface area (Å²) in [5.41, 5.74) is -1.10. The maximum absolute atomic E-state index is 12.5. The molecule has 136 valence electrons. The van der Waals surface area contributed by atoms with Gasteiger partial charge in [-0.25, -0.2) is 4.79 Å². The van der Waals surface area contributed by atoms with Crippen LogP contribution in [0.25, 0.3) is 11.0 Å². The molecule has 0 aliphatic carbocycles. The van der Waals surface area contributed by atoms with Crippen molar-refractivity contribution in [1.29, 1.82) is 0 Å². The van der Waals surface area contributed by atoms with Crippen molar-refractivity contribution in [2.45, 2.75) is 6.92 Å². The summed E-state index contributed by atoms with van der Waals surface area (Å²) in [5.74, 6) is -2.24. The monoisotopic (exact) mass is 367 g/mol. The molecule has 3 rings (SSSR count). The van der Waals surface area contributed by atoms with E-state index < -0.39 is 22.4 Å². The highest BCUT2D eigenvalue weighted by Crippen LogP contribution is 2.22. The molecule has 0 radical (unpaired) electrons. The molecule has 0 unspecified atom stereocenters. The highest BCUT2D eigenvalue weighted by atomic mass is 16.6. The summed E-state index contributed by atoms with van der Waals surface area (Å²) in [4.78, 5) is 45.9. The van der Waals surface area contributed by atoms with E-state index in [0.717, 1.165) is 0 Å². The lowest BCUT2D eigenvalue weighted by atomic mass is 10.1. The second-order valence-corrected chi connectivity index (χ2v) is 5.65. The molecule has 0 fully saturated rings. The van der Waals surface area contributed by atoms with Crippen molar-refractivity contribution in [3.63, 3.8) is 0 Å². The Morgan fingerprint density at radius 2 is 1.85 bits per heavy atom. The van der Waals surface area contributed by atoms with Crippen LogP contribution < -0.4 is 16.0 Å². The van der Waals surface area contributed by atoms with Gasteiger partial charge in [0.05, 0.1) is 10.9 Å². The highest BCUT2D eigenvalue weighted by molar-refractivity contribution is 6.06. The van der Waals surface area contributed by atoms with E-state index in [2.05, 4.69) is 5.32 Å². The average Bonchev–Trinajstić information content (AvgIpc) is 2.62. The fraction of sp³-hybridized carbons (Fsp3) is 0.0556. The molecule has 0 saturated heterocycles. The third kappa shape index (κ3) is 3.38. The summed E-state index contributed by atoms with van der Waals surface area (Å²) in [7, 11) is 0. The number of hydrogen-bond acceptors (Lipinski definition) is 7. The smallest absolute Gasteiger partial charge is 0.349 e. The van der Waals surface area contributed by atoms with E-state index in [1.54, 1.807) is 0 Å². The van der Waals surface area contributed by atoms with Gasteiger partial charge in [-0.2, -0.15) is 0 Å². The number of carbonyl (C=O) groups is 2. The number of rotatable bonds is 4. The van der Waals surface area contributed by atoms with Gasteiger partial charge in [-0.3, -0.25) is 14.9 Å². The van der Waals surface area contributed by atoms with Crippen molar-refractivity contribution in [2.75, 3.05) is 5.32 Å². The maximum Gasteiger partial charge on any atom is 0.349 e. The summed E-state index contributed by atoms with van der Waals surface area (Å²) in [6, 6.07) is 9.01. The number of non-ortho nitro benzene ring substituents is 1. The molecular formula is C18H11N2O7-. The Morgan fingerprint density at radius 3 is 2.52 bits per heavy atom. The van der Waals surface area contributed by atoms with Crippen LogP contribution in [0, 0.1) is 17.0 Å². The SMILES string of the molecule is Cc1c(NC(=O)c2cc3cc([N+](=O)[O-])ccc3oc2=O)cccc1C(=O)[O-]. The number of nitrogens with zero attached hydrogens (tertiary/aromatic N) is 1. The van der Waals surface area contributed by atoms with Crippen LogP contribution >= 0.6 is 0 Å². The summed E-state index contributed by atoms with van der Waals surface area (Å²) in [6.07, 6.45) is 0. The topological polar surface area (TPSA) is 143 Å². The maximum atomic E-state index is 12.5. The number of aromatic carboxylic acids is 1. The number of anilines is 1. The van der Waals surface area contributed by atoms with Crippen LogP contribution in [0.3, 0.4) is 0 Å². The Hall–Kier alpha value is -4.01. The minimum Gasteiger partial charge on any atom is -0.545 e. The standard InChI is InChI=1S/C18H12N2O7/c1-9-12(17(22)23)3-2-4-14(9)19-16(21)13-8-10-7-11(20(25)26)5-6-15(10)27-18(13)24/h2-8H,1H3,(H,19,21)(H,22,23)/p-1. The van der Waals surface area contributed by atoms with Crippen LogP contribution in [0.15, 0.2) is 51.7 Å². The van der Waals surface area contributed by atoms with Gasteiger partial charge in [-0.05, 0) is 30.7 Å². The van der Waals surface area contributed by atoms with Crippen LogP contribution in [-0.4, -0.2) is 16.8 Å². The van der Waals surface area contributed by atoms with Crippen molar-refractivity contribution in [3.05, 3.63) is 79.7 Å². The van der Waals surface area contributed by atoms with E-state index in [-0.39, 0.29) is 39.0 Å². The molecule has 0 saturated carbocycles. The fourth-order valence-electron chi connectivity index (χ4n) is 2.56. The van der Waals surface area contributed by atoms with Crippen molar-refractivity contribution in [2.24, 2.45) is 0 Å². The quantitative estimate of drug-likeness (QED) is 0.419. The lowest BCUT2D eigenvalue weighted by Gasteiger charge is -2.12. The van der Waals surface area contributed by atoms with E-state index >= 15 is 0 Å². The van der Waals surface area contributed by atoms with Crippen molar-refractivity contribution >= 4 is 34.2 Å². The number of nitrogens with one attached hydrogen (secondary N) is 1. The molecule has 1 N–H and O–H groups in total. The molecule has 9 heteroatoms. The van der Waals surface area contributed by atoms with Gasteiger partial charge in [-0.15, -0.1) is 0 Å². The number of benzene rings is 2. The van der Waals surface area contributed by atoms with Gasteiger partial charge in [0.25, 0.3) is 11.6 Å². The summed E-state index contributed by atoms with van der Waals surface area (Å²) < 4.78 is 5.04. The minimum absolute atomic E-state index is 0.0947. The number of carbonyl (C=O) groups excluding carboxylic acids is 2. The largest absolute Gasteiger partial charge is 0.545 e. The van der Waals surface area contributed by atoms with Crippen LogP contribution in [-0.2, 0) is 0 Å². The molecule has 2 aromatic carbocycles. The van der Waals surface area contributed by atoms with Crippen LogP contribution in [0.1, 0.15) is 26.3 Å². The van der Waals surface area contributed by atoms with Gasteiger partial charge >= 0.3 is 5.63 Å². The van der Waals surface area contributed by atoms with E-state index in [9.17, 15) is 29.6 Å². The number of amides is 1. The molecule has 1 amide bonds. The van der Waals surface area contributed by atoms with E-state index in [0.29, 0.717) is 0 Å². The lowest BCUT2D eigenvalue weighted by Crippen LogP contribution is -2.25. The van der Waals surface area contributed by atoms with Crippen LogP contribution in [0.4, 0.5) is 11.4 Å². The van der Waals surface area contributed by atoms with E-state index in [1.165, 1.54) is 49.4 Å². The van der Waals surface area contributed by atoms with Crippen molar-refractivity contribution in [1.82, 2.24) is 0 Å². The zero-order valence-electron chi connectivity index (χ0n) is 13.8. The Labute approximate surface area is 151 Å². The van der Waals surface area contributed by atoms with Gasteiger partial charge in [0.15, 0.2) is 0 Å². The first-order valence-electron chi connectivity index (χ1n) is 7.62. The Balaban J connectivity index is 2.02. The predicted octanol–water partition coefficient (Wildman–Crippen LogP) is 1.63. The molecule has 1 aromatic heterocycles. The minimum atomic E-state index is -1.40. The molecule has 3 aromatic rings. The summed E-state index contributed by atoms with van der Waals surface area (Å²) >= 11 is 0. The summed E-state index contributed by atoms with van der Waals surface area (Å²) in [5, 5.41) is 24.6. The first-order chi connectivity index (χ1) is 12.8. The number of carboxylic acids is 1. The lowest BCUT2D eigenvalue weighted by molar-refractivity contribution is -0.384. The molecule has 0 aliphatic heterocycles. The number of hydrogen-bond donors (Lipinski definition) is 1. The Morgan fingerprint density at radius 1 is 1.11 bits per heavy atom. The fourth-order valence-corrected chi connectivity index (χ4v) is 2.56.